The Bertz CT molecular complexity index is 490. The van der Waals surface area contributed by atoms with Gasteiger partial charge >= 0.3 is 0 Å². The lowest BCUT2D eigenvalue weighted by molar-refractivity contribution is -0.384. The summed E-state index contributed by atoms with van der Waals surface area (Å²) < 4.78 is 1.61. The summed E-state index contributed by atoms with van der Waals surface area (Å²) in [6, 6.07) is 1.48. The van der Waals surface area contributed by atoms with Gasteiger partial charge in [-0.1, -0.05) is 0 Å². The third-order valence-electron chi connectivity index (χ3n) is 3.58. The van der Waals surface area contributed by atoms with E-state index in [4.69, 9.17) is 0 Å². The second kappa shape index (κ2) is 6.51. The van der Waals surface area contributed by atoms with Crippen molar-refractivity contribution < 1.29 is 9.72 Å². The van der Waals surface area contributed by atoms with E-state index in [-0.39, 0.29) is 17.6 Å². The van der Waals surface area contributed by atoms with E-state index in [2.05, 4.69) is 10.6 Å². The Morgan fingerprint density at radius 1 is 1.55 bits per heavy atom. The standard InChI is InChI=1S/C13H20N4O3/c1-2-16-9-11(17(19)20)8-12(16)13(18)15-10-4-3-6-14-7-5-10/h8-10,14H,2-7H2,1H3,(H,15,18). The van der Waals surface area contributed by atoms with Crippen molar-refractivity contribution in [1.29, 1.82) is 0 Å². The van der Waals surface area contributed by atoms with E-state index in [0.717, 1.165) is 32.4 Å². The first-order valence-electron chi connectivity index (χ1n) is 6.98. The van der Waals surface area contributed by atoms with Crippen LogP contribution in [-0.2, 0) is 6.54 Å². The van der Waals surface area contributed by atoms with Gasteiger partial charge in [-0.25, -0.2) is 0 Å². The van der Waals surface area contributed by atoms with Gasteiger partial charge in [-0.05, 0) is 39.3 Å². The Morgan fingerprint density at radius 2 is 2.35 bits per heavy atom. The molecule has 1 aromatic heterocycles. The predicted octanol–water partition coefficient (Wildman–Crippen LogP) is 1.29. The zero-order valence-electron chi connectivity index (χ0n) is 11.6. The molecule has 1 amide bonds. The molecule has 1 fully saturated rings. The summed E-state index contributed by atoms with van der Waals surface area (Å²) in [6.07, 6.45) is 4.26. The average molecular weight is 280 g/mol. The van der Waals surface area contributed by atoms with Gasteiger partial charge in [0.2, 0.25) is 0 Å². The average Bonchev–Trinajstić information content (AvgIpc) is 2.71. The van der Waals surface area contributed by atoms with Crippen LogP contribution in [0.25, 0.3) is 0 Å². The monoisotopic (exact) mass is 280 g/mol. The molecular weight excluding hydrogens is 260 g/mol. The molecular formula is C13H20N4O3. The molecule has 1 aromatic rings. The zero-order valence-corrected chi connectivity index (χ0v) is 11.6. The number of aromatic nitrogens is 1. The lowest BCUT2D eigenvalue weighted by atomic mass is 10.1. The van der Waals surface area contributed by atoms with Crippen molar-refractivity contribution in [3.05, 3.63) is 28.1 Å². The van der Waals surface area contributed by atoms with Crippen molar-refractivity contribution in [2.75, 3.05) is 13.1 Å². The highest BCUT2D eigenvalue weighted by Gasteiger charge is 2.21. The number of hydrogen-bond acceptors (Lipinski definition) is 4. The first-order valence-corrected chi connectivity index (χ1v) is 6.98. The predicted molar refractivity (Wildman–Crippen MR) is 74.7 cm³/mol. The number of rotatable bonds is 4. The van der Waals surface area contributed by atoms with Crippen molar-refractivity contribution in [2.45, 2.75) is 38.8 Å². The topological polar surface area (TPSA) is 89.2 Å². The molecule has 2 heterocycles. The second-order valence-electron chi connectivity index (χ2n) is 4.98. The lowest BCUT2D eigenvalue weighted by Gasteiger charge is -2.16. The summed E-state index contributed by atoms with van der Waals surface area (Å²) in [4.78, 5) is 22.6. The Hall–Kier alpha value is -1.89. The molecule has 0 radical (unpaired) electrons. The third-order valence-corrected chi connectivity index (χ3v) is 3.58. The van der Waals surface area contributed by atoms with Crippen molar-refractivity contribution in [3.63, 3.8) is 0 Å². The SMILES string of the molecule is CCn1cc([N+](=O)[O-])cc1C(=O)NC1CCCNCC1. The van der Waals surface area contributed by atoms with Crippen LogP contribution in [0.1, 0.15) is 36.7 Å². The van der Waals surface area contributed by atoms with Crippen LogP contribution < -0.4 is 10.6 Å². The van der Waals surface area contributed by atoms with Gasteiger partial charge in [0.1, 0.15) is 5.69 Å². The van der Waals surface area contributed by atoms with Crippen LogP contribution in [0, 0.1) is 10.1 Å². The molecule has 0 saturated carbocycles. The van der Waals surface area contributed by atoms with E-state index in [9.17, 15) is 14.9 Å². The van der Waals surface area contributed by atoms with E-state index in [0.29, 0.717) is 12.2 Å². The normalized spacial score (nSPS) is 19.4. The quantitative estimate of drug-likeness (QED) is 0.642. The van der Waals surface area contributed by atoms with Crippen LogP contribution in [0.4, 0.5) is 5.69 Å². The van der Waals surface area contributed by atoms with Gasteiger partial charge in [0.05, 0.1) is 11.1 Å². The highest BCUT2D eigenvalue weighted by Crippen LogP contribution is 2.17. The molecule has 7 heteroatoms. The summed E-state index contributed by atoms with van der Waals surface area (Å²) >= 11 is 0. The first-order chi connectivity index (χ1) is 9.61. The fourth-order valence-electron chi connectivity index (χ4n) is 2.47. The van der Waals surface area contributed by atoms with E-state index < -0.39 is 4.92 Å². The number of nitrogens with zero attached hydrogens (tertiary/aromatic N) is 2. The lowest BCUT2D eigenvalue weighted by Crippen LogP contribution is -2.36. The Kier molecular flexibility index (Phi) is 4.73. The Balaban J connectivity index is 2.09. The van der Waals surface area contributed by atoms with Crippen molar-refractivity contribution >= 4 is 11.6 Å². The highest BCUT2D eigenvalue weighted by atomic mass is 16.6. The van der Waals surface area contributed by atoms with E-state index in [1.54, 1.807) is 4.57 Å². The maximum Gasteiger partial charge on any atom is 0.287 e. The number of carbonyl (C=O) groups is 1. The third kappa shape index (κ3) is 3.36. The molecule has 2 rings (SSSR count). The maximum atomic E-state index is 12.3. The van der Waals surface area contributed by atoms with Gasteiger partial charge in [-0.2, -0.15) is 0 Å². The minimum absolute atomic E-state index is 0.0421. The maximum absolute atomic E-state index is 12.3. The molecule has 2 N–H and O–H groups in total. The van der Waals surface area contributed by atoms with Gasteiger partial charge in [0, 0.05) is 18.7 Å². The Morgan fingerprint density at radius 3 is 3.05 bits per heavy atom. The van der Waals surface area contributed by atoms with Crippen LogP contribution in [0.15, 0.2) is 12.3 Å². The molecule has 20 heavy (non-hydrogen) atoms. The summed E-state index contributed by atoms with van der Waals surface area (Å²) in [7, 11) is 0. The minimum atomic E-state index is -0.474. The number of amides is 1. The number of nitrogens with one attached hydrogen (secondary N) is 2. The molecule has 1 aliphatic rings. The molecule has 1 aliphatic heterocycles. The molecule has 7 nitrogen and oxygen atoms in total. The van der Waals surface area contributed by atoms with Gasteiger partial charge < -0.3 is 15.2 Å². The Labute approximate surface area is 117 Å². The molecule has 1 saturated heterocycles. The number of aryl methyl sites for hydroxylation is 1. The van der Waals surface area contributed by atoms with Gasteiger partial charge in [-0.3, -0.25) is 14.9 Å². The summed E-state index contributed by atoms with van der Waals surface area (Å²) in [5, 5.41) is 17.1. The van der Waals surface area contributed by atoms with Crippen LogP contribution in [0.2, 0.25) is 0 Å². The first kappa shape index (κ1) is 14.5. The summed E-state index contributed by atoms with van der Waals surface area (Å²) in [6.45, 7) is 4.25. The highest BCUT2D eigenvalue weighted by molar-refractivity contribution is 5.93. The molecule has 110 valence electrons. The molecule has 0 aliphatic carbocycles. The zero-order chi connectivity index (χ0) is 14.5. The van der Waals surface area contributed by atoms with Crippen LogP contribution >= 0.6 is 0 Å². The molecule has 0 bridgehead atoms. The van der Waals surface area contributed by atoms with Gasteiger partial charge in [0.25, 0.3) is 11.6 Å². The molecule has 1 atom stereocenters. The van der Waals surface area contributed by atoms with Crippen LogP contribution in [-0.4, -0.2) is 34.5 Å². The van der Waals surface area contributed by atoms with Crippen molar-refractivity contribution in [3.8, 4) is 0 Å². The van der Waals surface area contributed by atoms with E-state index in [1.165, 1.54) is 12.3 Å². The van der Waals surface area contributed by atoms with E-state index >= 15 is 0 Å². The van der Waals surface area contributed by atoms with Gasteiger partial charge in [0.15, 0.2) is 0 Å². The van der Waals surface area contributed by atoms with Crippen molar-refractivity contribution in [1.82, 2.24) is 15.2 Å². The van der Waals surface area contributed by atoms with Crippen molar-refractivity contribution in [2.24, 2.45) is 0 Å². The van der Waals surface area contributed by atoms with Crippen LogP contribution in [0.5, 0.6) is 0 Å². The molecule has 0 aromatic carbocycles. The number of carbonyl (C=O) groups excluding carboxylic acids is 1. The number of nitro groups is 1. The fraction of sp³-hybridized carbons (Fsp3) is 0.615. The van der Waals surface area contributed by atoms with Gasteiger partial charge in [-0.15, -0.1) is 0 Å². The molecule has 0 spiro atoms. The largest absolute Gasteiger partial charge is 0.348 e. The van der Waals surface area contributed by atoms with Crippen LogP contribution in [0.3, 0.4) is 0 Å². The smallest absolute Gasteiger partial charge is 0.287 e. The summed E-state index contributed by atoms with van der Waals surface area (Å²) in [5.41, 5.74) is 0.316. The fourth-order valence-corrected chi connectivity index (χ4v) is 2.47. The summed E-state index contributed by atoms with van der Waals surface area (Å²) in [5.74, 6) is -0.230. The second-order valence-corrected chi connectivity index (χ2v) is 4.98. The van der Waals surface area contributed by atoms with E-state index in [1.807, 2.05) is 6.92 Å². The number of hydrogen-bond donors (Lipinski definition) is 2. The minimum Gasteiger partial charge on any atom is -0.348 e. The molecule has 1 unspecified atom stereocenters.